The largest absolute Gasteiger partial charge is 0.354 e. The Bertz CT molecular complexity index is 1320. The average molecular weight is 481 g/mol. The Morgan fingerprint density at radius 2 is 1.76 bits per heavy atom. The van der Waals surface area contributed by atoms with E-state index < -0.39 is 0 Å². The second-order valence-electron chi connectivity index (χ2n) is 8.01. The van der Waals surface area contributed by atoms with Crippen molar-refractivity contribution in [2.75, 3.05) is 31.1 Å². The molecular weight excluding hydrogens is 459 g/mol. The average Bonchev–Trinajstić information content (AvgIpc) is 3.07. The second-order valence-corrected chi connectivity index (χ2v) is 8.88. The van der Waals surface area contributed by atoms with Crippen molar-refractivity contribution in [3.8, 4) is 5.69 Å². The van der Waals surface area contributed by atoms with Gasteiger partial charge in [0.2, 0.25) is 0 Å². The first-order valence-corrected chi connectivity index (χ1v) is 11.5. The van der Waals surface area contributed by atoms with E-state index in [4.69, 9.17) is 28.2 Å². The molecule has 2 aromatic heterocycles. The van der Waals surface area contributed by atoms with Crippen molar-refractivity contribution < 1.29 is 4.79 Å². The van der Waals surface area contributed by atoms with Crippen molar-refractivity contribution in [2.45, 2.75) is 13.3 Å². The van der Waals surface area contributed by atoms with Crippen LogP contribution >= 0.6 is 23.2 Å². The first-order valence-electron chi connectivity index (χ1n) is 10.8. The number of halogens is 2. The van der Waals surface area contributed by atoms with Gasteiger partial charge in [-0.15, -0.1) is 0 Å². The predicted octanol–water partition coefficient (Wildman–Crippen LogP) is 4.78. The van der Waals surface area contributed by atoms with Gasteiger partial charge in [0.25, 0.3) is 5.91 Å². The molecule has 0 bridgehead atoms. The standard InChI is InChI=1S/C24H22Cl2N6O/c1-16-28-22(21-15-27-32(23(21)29-16)20-5-2-4-19(26)14-20)30-10-3-11-31(13-12-30)24(33)17-6-8-18(25)9-7-17/h2,4-9,14-15H,3,10-13H2,1H3. The molecule has 1 saturated heterocycles. The summed E-state index contributed by atoms with van der Waals surface area (Å²) in [4.78, 5) is 26.5. The van der Waals surface area contributed by atoms with Gasteiger partial charge in [-0.25, -0.2) is 14.6 Å². The minimum atomic E-state index is 0.0197. The number of hydrogen-bond acceptors (Lipinski definition) is 5. The number of anilines is 1. The van der Waals surface area contributed by atoms with Crippen LogP contribution in [0.4, 0.5) is 5.82 Å². The Morgan fingerprint density at radius 1 is 0.939 bits per heavy atom. The molecule has 0 aliphatic carbocycles. The number of fused-ring (bicyclic) bond motifs is 1. The van der Waals surface area contributed by atoms with Crippen LogP contribution in [0.3, 0.4) is 0 Å². The van der Waals surface area contributed by atoms with Crippen molar-refractivity contribution in [1.82, 2.24) is 24.6 Å². The maximum absolute atomic E-state index is 13.0. The molecule has 0 saturated carbocycles. The van der Waals surface area contributed by atoms with Crippen molar-refractivity contribution in [3.63, 3.8) is 0 Å². The minimum absolute atomic E-state index is 0.0197. The fourth-order valence-electron chi connectivity index (χ4n) is 4.14. The highest BCUT2D eigenvalue weighted by Crippen LogP contribution is 2.27. The molecule has 1 amide bonds. The Morgan fingerprint density at radius 3 is 2.55 bits per heavy atom. The van der Waals surface area contributed by atoms with E-state index in [-0.39, 0.29) is 5.91 Å². The van der Waals surface area contributed by atoms with Gasteiger partial charge in [-0.2, -0.15) is 5.10 Å². The third kappa shape index (κ3) is 4.38. The van der Waals surface area contributed by atoms with Crippen LogP contribution in [0.1, 0.15) is 22.6 Å². The van der Waals surface area contributed by atoms with Crippen molar-refractivity contribution >= 4 is 46.0 Å². The fourth-order valence-corrected chi connectivity index (χ4v) is 4.45. The van der Waals surface area contributed by atoms with E-state index in [1.165, 1.54) is 0 Å². The maximum Gasteiger partial charge on any atom is 0.253 e. The maximum atomic E-state index is 13.0. The van der Waals surface area contributed by atoms with Crippen LogP contribution in [0, 0.1) is 6.92 Å². The summed E-state index contributed by atoms with van der Waals surface area (Å²) in [7, 11) is 0. The molecule has 0 N–H and O–H groups in total. The highest BCUT2D eigenvalue weighted by molar-refractivity contribution is 6.31. The number of carbonyl (C=O) groups is 1. The van der Waals surface area contributed by atoms with E-state index in [0.717, 1.165) is 35.5 Å². The molecule has 5 rings (SSSR count). The third-order valence-electron chi connectivity index (χ3n) is 5.75. The van der Waals surface area contributed by atoms with Crippen LogP contribution in [0.2, 0.25) is 10.0 Å². The van der Waals surface area contributed by atoms with Crippen LogP contribution in [-0.2, 0) is 0 Å². The number of aromatic nitrogens is 4. The van der Waals surface area contributed by atoms with Gasteiger partial charge in [0.05, 0.1) is 17.3 Å². The Hall–Kier alpha value is -3.16. The first-order chi connectivity index (χ1) is 16.0. The van der Waals surface area contributed by atoms with E-state index in [2.05, 4.69) is 15.0 Å². The highest BCUT2D eigenvalue weighted by atomic mass is 35.5. The third-order valence-corrected chi connectivity index (χ3v) is 6.23. The number of hydrogen-bond donors (Lipinski definition) is 0. The first kappa shape index (κ1) is 21.7. The lowest BCUT2D eigenvalue weighted by molar-refractivity contribution is 0.0767. The Labute approximate surface area is 201 Å². The van der Waals surface area contributed by atoms with E-state index >= 15 is 0 Å². The molecule has 0 radical (unpaired) electrons. The monoisotopic (exact) mass is 480 g/mol. The zero-order valence-electron chi connectivity index (χ0n) is 18.1. The SMILES string of the molecule is Cc1nc(N2CCCN(C(=O)c3ccc(Cl)cc3)CC2)c2cnn(-c3cccc(Cl)c3)c2n1. The van der Waals surface area contributed by atoms with Crippen LogP contribution in [0.5, 0.6) is 0 Å². The van der Waals surface area contributed by atoms with E-state index in [0.29, 0.717) is 41.1 Å². The predicted molar refractivity (Wildman–Crippen MR) is 131 cm³/mol. The smallest absolute Gasteiger partial charge is 0.253 e. The van der Waals surface area contributed by atoms with Gasteiger partial charge < -0.3 is 9.80 Å². The summed E-state index contributed by atoms with van der Waals surface area (Å²) in [6, 6.07) is 14.6. The molecule has 3 heterocycles. The van der Waals surface area contributed by atoms with Gasteiger partial charge in [-0.3, -0.25) is 4.79 Å². The molecule has 0 atom stereocenters. The van der Waals surface area contributed by atoms with Gasteiger partial charge >= 0.3 is 0 Å². The summed E-state index contributed by atoms with van der Waals surface area (Å²) in [5.74, 6) is 1.53. The molecule has 0 unspecified atom stereocenters. The van der Waals surface area contributed by atoms with Crippen LogP contribution in [0.25, 0.3) is 16.7 Å². The lowest BCUT2D eigenvalue weighted by atomic mass is 10.2. The molecule has 4 aromatic rings. The minimum Gasteiger partial charge on any atom is -0.354 e. The number of amides is 1. The molecule has 7 nitrogen and oxygen atoms in total. The van der Waals surface area contributed by atoms with Gasteiger partial charge in [0.15, 0.2) is 5.65 Å². The van der Waals surface area contributed by atoms with Crippen molar-refractivity contribution in [1.29, 1.82) is 0 Å². The highest BCUT2D eigenvalue weighted by Gasteiger charge is 2.23. The molecule has 33 heavy (non-hydrogen) atoms. The summed E-state index contributed by atoms with van der Waals surface area (Å²) in [6.45, 7) is 4.64. The Balaban J connectivity index is 1.42. The van der Waals surface area contributed by atoms with Gasteiger partial charge in [0, 0.05) is 41.8 Å². The number of benzene rings is 2. The van der Waals surface area contributed by atoms with E-state index in [9.17, 15) is 4.79 Å². The van der Waals surface area contributed by atoms with Gasteiger partial charge in [-0.05, 0) is 55.8 Å². The molecule has 1 fully saturated rings. The molecule has 1 aliphatic heterocycles. The number of rotatable bonds is 3. The molecule has 0 spiro atoms. The summed E-state index contributed by atoms with van der Waals surface area (Å²) in [5, 5.41) is 6.70. The zero-order valence-corrected chi connectivity index (χ0v) is 19.6. The number of carbonyl (C=O) groups excluding carboxylic acids is 1. The summed E-state index contributed by atoms with van der Waals surface area (Å²) >= 11 is 12.2. The molecule has 2 aromatic carbocycles. The lowest BCUT2D eigenvalue weighted by Gasteiger charge is -2.23. The molecule has 9 heteroatoms. The van der Waals surface area contributed by atoms with Gasteiger partial charge in [-0.1, -0.05) is 29.3 Å². The fraction of sp³-hybridized carbons (Fsp3) is 0.250. The zero-order chi connectivity index (χ0) is 22.9. The van der Waals surface area contributed by atoms with Crippen LogP contribution in [-0.4, -0.2) is 56.7 Å². The lowest BCUT2D eigenvalue weighted by Crippen LogP contribution is -2.35. The van der Waals surface area contributed by atoms with E-state index in [1.54, 1.807) is 35.1 Å². The number of nitrogens with zero attached hydrogens (tertiary/aromatic N) is 6. The molecule has 168 valence electrons. The van der Waals surface area contributed by atoms with Crippen molar-refractivity contribution in [2.24, 2.45) is 0 Å². The van der Waals surface area contributed by atoms with E-state index in [1.807, 2.05) is 36.1 Å². The Kier molecular flexibility index (Phi) is 5.91. The topological polar surface area (TPSA) is 67.2 Å². The quantitative estimate of drug-likeness (QED) is 0.421. The summed E-state index contributed by atoms with van der Waals surface area (Å²) in [6.07, 6.45) is 2.64. The molecular formula is C24H22Cl2N6O. The number of aryl methyl sites for hydroxylation is 1. The summed E-state index contributed by atoms with van der Waals surface area (Å²) in [5.41, 5.74) is 2.23. The second kappa shape index (κ2) is 9.00. The normalized spacial score (nSPS) is 14.5. The summed E-state index contributed by atoms with van der Waals surface area (Å²) < 4.78 is 1.79. The molecule has 1 aliphatic rings. The van der Waals surface area contributed by atoms with Crippen molar-refractivity contribution in [3.05, 3.63) is 76.2 Å². The van der Waals surface area contributed by atoms with Gasteiger partial charge in [0.1, 0.15) is 11.6 Å². The van der Waals surface area contributed by atoms with Crippen LogP contribution < -0.4 is 4.90 Å². The van der Waals surface area contributed by atoms with Crippen LogP contribution in [0.15, 0.2) is 54.7 Å².